The van der Waals surface area contributed by atoms with E-state index in [9.17, 15) is 29.1 Å². The molecule has 43 heavy (non-hydrogen) atoms. The summed E-state index contributed by atoms with van der Waals surface area (Å²) >= 11 is 1.55. The maximum atomic E-state index is 13.3. The molecule has 2 heterocycles. The van der Waals surface area contributed by atoms with Gasteiger partial charge in [0, 0.05) is 35.6 Å². The van der Waals surface area contributed by atoms with Crippen LogP contribution in [-0.2, 0) is 30.4 Å². The fourth-order valence-corrected chi connectivity index (χ4v) is 7.29. The molecule has 15 heteroatoms. The summed E-state index contributed by atoms with van der Waals surface area (Å²) in [4.78, 5) is 64.8. The zero-order valence-corrected chi connectivity index (χ0v) is 26.5. The summed E-state index contributed by atoms with van der Waals surface area (Å²) in [6, 6.07) is 4.66. The molecule has 1 aliphatic heterocycles. The first kappa shape index (κ1) is 34.6. The van der Waals surface area contributed by atoms with E-state index in [1.807, 2.05) is 29.6 Å². The Hall–Kier alpha value is -2.85. The summed E-state index contributed by atoms with van der Waals surface area (Å²) in [5.74, 6) is -1.60. The second-order valence-corrected chi connectivity index (χ2v) is 13.7. The maximum absolute atomic E-state index is 13.3. The summed E-state index contributed by atoms with van der Waals surface area (Å²) in [7, 11) is 2.93. The number of nitrogens with two attached hydrogens (primary N) is 1. The first-order chi connectivity index (χ1) is 20.7. The van der Waals surface area contributed by atoms with Gasteiger partial charge < -0.3 is 37.4 Å². The maximum Gasteiger partial charge on any atom is 0.245 e. The van der Waals surface area contributed by atoms with Gasteiger partial charge in [0.05, 0.1) is 12.6 Å². The number of unbranched alkanes of at least 4 members (excludes halogenated alkanes) is 1. The number of benzene rings is 1. The molecule has 1 fully saturated rings. The Morgan fingerprint density at radius 3 is 2.42 bits per heavy atom. The number of amides is 5. The summed E-state index contributed by atoms with van der Waals surface area (Å²) in [5.41, 5.74) is 6.51. The van der Waals surface area contributed by atoms with Crippen LogP contribution in [0.5, 0.6) is 0 Å². The molecule has 5 amide bonds. The quantitative estimate of drug-likeness (QED) is 0.164. The van der Waals surface area contributed by atoms with Gasteiger partial charge >= 0.3 is 0 Å². The van der Waals surface area contributed by atoms with E-state index in [0.29, 0.717) is 30.9 Å². The number of rotatable bonds is 7. The van der Waals surface area contributed by atoms with Gasteiger partial charge in [0.1, 0.15) is 18.1 Å². The third-order valence-corrected chi connectivity index (χ3v) is 10.1. The molecular weight excluding hydrogens is 613 g/mol. The monoisotopic (exact) mass is 652 g/mol. The van der Waals surface area contributed by atoms with Crippen LogP contribution in [0.2, 0.25) is 0 Å². The molecule has 1 aromatic heterocycles. The third kappa shape index (κ3) is 11.3. The Morgan fingerprint density at radius 1 is 0.907 bits per heavy atom. The lowest BCUT2D eigenvalue weighted by molar-refractivity contribution is -0.134. The minimum Gasteiger partial charge on any atom is -0.391 e. The molecule has 0 saturated carbocycles. The van der Waals surface area contributed by atoms with Gasteiger partial charge in [-0.15, -0.1) is 11.3 Å². The lowest BCUT2D eigenvalue weighted by Gasteiger charge is -2.25. The summed E-state index contributed by atoms with van der Waals surface area (Å²) in [6.07, 6.45) is 0.637. The minimum absolute atomic E-state index is 0.180. The summed E-state index contributed by atoms with van der Waals surface area (Å²) in [5, 5.41) is 26.5. The second kappa shape index (κ2) is 18.1. The highest BCUT2D eigenvalue weighted by Crippen LogP contribution is 2.27. The number of carbonyl (C=O) groups excluding carboxylic acids is 5. The van der Waals surface area contributed by atoms with Crippen molar-refractivity contribution in [2.45, 2.75) is 63.3 Å². The van der Waals surface area contributed by atoms with Crippen LogP contribution in [0.4, 0.5) is 0 Å². The average molecular weight is 653 g/mol. The molecule has 0 aliphatic carbocycles. The molecule has 1 aliphatic rings. The fourth-order valence-electron chi connectivity index (χ4n) is 4.42. The van der Waals surface area contributed by atoms with Crippen LogP contribution in [0.3, 0.4) is 0 Å². The van der Waals surface area contributed by atoms with Crippen molar-refractivity contribution in [3.8, 4) is 0 Å². The van der Waals surface area contributed by atoms with E-state index in [1.54, 1.807) is 11.3 Å². The molecule has 1 saturated heterocycles. The average Bonchev–Trinajstić information content (AvgIpc) is 3.39. The summed E-state index contributed by atoms with van der Waals surface area (Å²) in [6.45, 7) is 1.66. The van der Waals surface area contributed by atoms with E-state index >= 15 is 0 Å². The van der Waals surface area contributed by atoms with Crippen molar-refractivity contribution in [3.05, 3.63) is 35.2 Å². The van der Waals surface area contributed by atoms with E-state index in [4.69, 9.17) is 5.73 Å². The van der Waals surface area contributed by atoms with Gasteiger partial charge in [0.15, 0.2) is 0 Å². The zero-order valence-electron chi connectivity index (χ0n) is 24.1. The van der Waals surface area contributed by atoms with Crippen LogP contribution in [0.1, 0.15) is 38.2 Å². The molecule has 4 atom stereocenters. The van der Waals surface area contributed by atoms with E-state index in [0.717, 1.165) is 15.6 Å². The SMILES string of the molecule is C[C@@H](O)[C@@H]1NC(=O)[C@H](CCCCN)NC(=O)CNC(=O)[C@H](Cc2csc3ccccc23)NC(=O)CCSSCCNC1=O. The number of aliphatic hydroxyl groups is 1. The summed E-state index contributed by atoms with van der Waals surface area (Å²) < 4.78 is 1.07. The molecular formula is C28H40N6O6S3. The van der Waals surface area contributed by atoms with Crippen molar-refractivity contribution in [2.24, 2.45) is 5.73 Å². The van der Waals surface area contributed by atoms with Crippen LogP contribution in [-0.4, -0.2) is 90.0 Å². The smallest absolute Gasteiger partial charge is 0.245 e. The highest BCUT2D eigenvalue weighted by Gasteiger charge is 2.30. The van der Waals surface area contributed by atoms with Gasteiger partial charge in [-0.3, -0.25) is 24.0 Å². The number of nitrogens with one attached hydrogen (secondary N) is 5. The molecule has 0 bridgehead atoms. The van der Waals surface area contributed by atoms with Crippen LogP contribution in [0, 0.1) is 0 Å². The Labute approximate surface area is 262 Å². The van der Waals surface area contributed by atoms with Crippen molar-refractivity contribution in [1.29, 1.82) is 0 Å². The normalized spacial score (nSPS) is 23.0. The molecule has 12 nitrogen and oxygen atoms in total. The lowest BCUT2D eigenvalue weighted by Crippen LogP contribution is -2.58. The first-order valence-electron chi connectivity index (χ1n) is 14.2. The molecule has 3 rings (SSSR count). The first-order valence-corrected chi connectivity index (χ1v) is 17.6. The van der Waals surface area contributed by atoms with Crippen molar-refractivity contribution >= 4 is 72.5 Å². The molecule has 236 valence electrons. The Morgan fingerprint density at radius 2 is 1.65 bits per heavy atom. The third-order valence-electron chi connectivity index (χ3n) is 6.70. The van der Waals surface area contributed by atoms with Gasteiger partial charge in [-0.2, -0.15) is 0 Å². The topological polar surface area (TPSA) is 192 Å². The largest absolute Gasteiger partial charge is 0.391 e. The molecule has 0 unspecified atom stereocenters. The second-order valence-electron chi connectivity index (χ2n) is 10.1. The molecule has 2 aromatic rings. The molecule has 8 N–H and O–H groups in total. The molecule has 0 radical (unpaired) electrons. The Kier molecular flexibility index (Phi) is 14.6. The fraction of sp³-hybridized carbons (Fsp3) is 0.536. The highest BCUT2D eigenvalue weighted by molar-refractivity contribution is 8.76. The minimum atomic E-state index is -1.22. The van der Waals surface area contributed by atoms with Crippen molar-refractivity contribution in [3.63, 3.8) is 0 Å². The number of carbonyl (C=O) groups is 5. The number of hydrogen-bond donors (Lipinski definition) is 7. The Balaban J connectivity index is 1.77. The van der Waals surface area contributed by atoms with Gasteiger partial charge in [0.25, 0.3) is 0 Å². The molecule has 0 spiro atoms. The lowest BCUT2D eigenvalue weighted by atomic mass is 10.0. The Bertz CT molecular complexity index is 1260. The number of aliphatic hydroxyl groups excluding tert-OH is 1. The van der Waals surface area contributed by atoms with E-state index in [-0.39, 0.29) is 31.7 Å². The zero-order chi connectivity index (χ0) is 31.2. The van der Waals surface area contributed by atoms with Crippen LogP contribution in [0.25, 0.3) is 10.1 Å². The van der Waals surface area contributed by atoms with Gasteiger partial charge in [-0.1, -0.05) is 39.8 Å². The van der Waals surface area contributed by atoms with Crippen LogP contribution < -0.4 is 32.3 Å². The van der Waals surface area contributed by atoms with Crippen molar-refractivity contribution in [1.82, 2.24) is 26.6 Å². The predicted molar refractivity (Wildman–Crippen MR) is 171 cm³/mol. The van der Waals surface area contributed by atoms with Crippen LogP contribution in [0.15, 0.2) is 29.6 Å². The van der Waals surface area contributed by atoms with Crippen molar-refractivity contribution < 1.29 is 29.1 Å². The van der Waals surface area contributed by atoms with Crippen molar-refractivity contribution in [2.75, 3.05) is 31.1 Å². The predicted octanol–water partition coefficient (Wildman–Crippen LogP) is 0.426. The van der Waals surface area contributed by atoms with Gasteiger partial charge in [-0.05, 0) is 55.1 Å². The standard InChI is InChI=1S/C28H40N6O6S3/c1-17(35)25-28(40)30-11-13-43-42-12-9-23(36)33-21(14-18-16-41-22-8-3-2-6-19(18)22)26(38)31-15-24(37)32-20(27(39)34-25)7-4-5-10-29/h2-3,6,8,16-17,20-21,25,35H,4-5,7,9-15,29H2,1H3,(H,30,40)(H,31,38)(H,32,37)(H,33,36)(H,34,39)/t17-,20+,21+,25+/m1/s1. The van der Waals surface area contributed by atoms with Gasteiger partial charge in [-0.25, -0.2) is 0 Å². The van der Waals surface area contributed by atoms with E-state index in [2.05, 4.69) is 26.6 Å². The molecule has 1 aromatic carbocycles. The van der Waals surface area contributed by atoms with Gasteiger partial charge in [0.2, 0.25) is 29.5 Å². The highest BCUT2D eigenvalue weighted by atomic mass is 33.1. The number of hydrogen-bond acceptors (Lipinski definition) is 10. The number of thiophene rings is 1. The van der Waals surface area contributed by atoms with E-state index in [1.165, 1.54) is 28.5 Å². The van der Waals surface area contributed by atoms with Crippen LogP contribution >= 0.6 is 32.9 Å². The number of fused-ring (bicyclic) bond motifs is 1. The van der Waals surface area contributed by atoms with E-state index < -0.39 is 54.4 Å².